The molecule has 2 N–H and O–H groups in total. The monoisotopic (exact) mass is 267 g/mol. The van der Waals surface area contributed by atoms with E-state index < -0.39 is 6.10 Å². The molecule has 0 bridgehead atoms. The van der Waals surface area contributed by atoms with Gasteiger partial charge in [0.15, 0.2) is 0 Å². The minimum atomic E-state index is -0.581. The molecule has 1 aliphatic carbocycles. The van der Waals surface area contributed by atoms with E-state index in [9.17, 15) is 9.90 Å². The fourth-order valence-corrected chi connectivity index (χ4v) is 3.15. The first kappa shape index (κ1) is 13.6. The van der Waals surface area contributed by atoms with Gasteiger partial charge in [-0.05, 0) is 54.0 Å². The van der Waals surface area contributed by atoms with Gasteiger partial charge in [0.2, 0.25) is 5.91 Å². The number of aliphatic hydroxyl groups excluding tert-OH is 1. The molecular weight excluding hydrogens is 246 g/mol. The van der Waals surface area contributed by atoms with Crippen molar-refractivity contribution in [2.75, 3.05) is 6.54 Å². The van der Waals surface area contributed by atoms with Crippen molar-refractivity contribution in [1.29, 1.82) is 0 Å². The summed E-state index contributed by atoms with van der Waals surface area (Å²) in [6.07, 6.45) is 3.68. The van der Waals surface area contributed by atoms with Gasteiger partial charge in [-0.2, -0.15) is 11.3 Å². The number of carbonyl (C=O) groups excluding carboxylic acids is 1. The molecule has 0 spiro atoms. The Labute approximate surface area is 112 Å². The molecule has 0 radical (unpaired) electrons. The van der Waals surface area contributed by atoms with Gasteiger partial charge in [0.1, 0.15) is 0 Å². The summed E-state index contributed by atoms with van der Waals surface area (Å²) in [6, 6.07) is 1.89. The number of carbonyl (C=O) groups is 1. The Morgan fingerprint density at radius 2 is 2.22 bits per heavy atom. The van der Waals surface area contributed by atoms with Crippen molar-refractivity contribution >= 4 is 17.2 Å². The second-order valence-corrected chi connectivity index (χ2v) is 6.05. The second kappa shape index (κ2) is 6.34. The summed E-state index contributed by atoms with van der Waals surface area (Å²) in [5.41, 5.74) is 0.887. The maximum Gasteiger partial charge on any atom is 0.223 e. The molecule has 1 aromatic rings. The molecule has 0 saturated heterocycles. The summed E-state index contributed by atoms with van der Waals surface area (Å²) in [5.74, 6) is 1.01. The highest BCUT2D eigenvalue weighted by Crippen LogP contribution is 2.28. The Morgan fingerprint density at radius 3 is 2.83 bits per heavy atom. The van der Waals surface area contributed by atoms with E-state index in [1.54, 1.807) is 11.3 Å². The van der Waals surface area contributed by atoms with E-state index in [2.05, 4.69) is 12.2 Å². The highest BCUT2D eigenvalue weighted by Gasteiger charge is 2.24. The molecular formula is C14H21NO2S. The van der Waals surface area contributed by atoms with Gasteiger partial charge in [0, 0.05) is 12.5 Å². The average molecular weight is 267 g/mol. The molecule has 0 aromatic carbocycles. The SMILES string of the molecule is CC1CCC(C(=O)NCC(O)c2ccsc2)CC1. The Hall–Kier alpha value is -0.870. The minimum absolute atomic E-state index is 0.108. The molecule has 4 heteroatoms. The summed E-state index contributed by atoms with van der Waals surface area (Å²) in [6.45, 7) is 2.57. The third-order valence-corrected chi connectivity index (χ3v) is 4.49. The molecule has 0 aliphatic heterocycles. The van der Waals surface area contributed by atoms with E-state index in [0.29, 0.717) is 6.54 Å². The van der Waals surface area contributed by atoms with E-state index in [4.69, 9.17) is 0 Å². The molecule has 100 valence electrons. The number of amides is 1. The van der Waals surface area contributed by atoms with Crippen molar-refractivity contribution in [1.82, 2.24) is 5.32 Å². The van der Waals surface area contributed by atoms with Crippen LogP contribution in [0.25, 0.3) is 0 Å². The molecule has 1 aromatic heterocycles. The predicted molar refractivity (Wildman–Crippen MR) is 73.4 cm³/mol. The normalized spacial score (nSPS) is 25.7. The van der Waals surface area contributed by atoms with Crippen LogP contribution in [0.2, 0.25) is 0 Å². The maximum absolute atomic E-state index is 12.0. The van der Waals surface area contributed by atoms with Crippen molar-refractivity contribution in [2.45, 2.75) is 38.7 Å². The molecule has 18 heavy (non-hydrogen) atoms. The number of hydrogen-bond donors (Lipinski definition) is 2. The van der Waals surface area contributed by atoms with Gasteiger partial charge in [-0.1, -0.05) is 6.92 Å². The first-order valence-corrected chi connectivity index (χ1v) is 7.59. The quantitative estimate of drug-likeness (QED) is 0.881. The van der Waals surface area contributed by atoms with Crippen LogP contribution in [0.3, 0.4) is 0 Å². The highest BCUT2D eigenvalue weighted by atomic mass is 32.1. The largest absolute Gasteiger partial charge is 0.387 e. The van der Waals surface area contributed by atoms with Gasteiger partial charge in [-0.25, -0.2) is 0 Å². The van der Waals surface area contributed by atoms with Gasteiger partial charge >= 0.3 is 0 Å². The minimum Gasteiger partial charge on any atom is -0.387 e. The summed E-state index contributed by atoms with van der Waals surface area (Å²) in [4.78, 5) is 12.0. The number of rotatable bonds is 4. The van der Waals surface area contributed by atoms with Gasteiger partial charge in [-0.3, -0.25) is 4.79 Å². The van der Waals surface area contributed by atoms with Crippen molar-refractivity contribution in [3.05, 3.63) is 22.4 Å². The average Bonchev–Trinajstić information content (AvgIpc) is 2.90. The molecule has 1 amide bonds. The standard InChI is InChI=1S/C14H21NO2S/c1-10-2-4-11(5-3-10)14(17)15-8-13(16)12-6-7-18-9-12/h6-7,9-11,13,16H,2-5,8H2,1H3,(H,15,17). The smallest absolute Gasteiger partial charge is 0.223 e. The summed E-state index contributed by atoms with van der Waals surface area (Å²) in [7, 11) is 0. The van der Waals surface area contributed by atoms with Crippen LogP contribution in [0.15, 0.2) is 16.8 Å². The number of nitrogens with one attached hydrogen (secondary N) is 1. The van der Waals surface area contributed by atoms with Crippen LogP contribution >= 0.6 is 11.3 Å². The number of thiophene rings is 1. The third-order valence-electron chi connectivity index (χ3n) is 3.78. The molecule has 1 saturated carbocycles. The number of aliphatic hydroxyl groups is 1. The van der Waals surface area contributed by atoms with E-state index in [0.717, 1.165) is 37.2 Å². The first-order chi connectivity index (χ1) is 8.66. The van der Waals surface area contributed by atoms with Crippen molar-refractivity contribution < 1.29 is 9.90 Å². The Morgan fingerprint density at radius 1 is 1.50 bits per heavy atom. The summed E-state index contributed by atoms with van der Waals surface area (Å²) >= 11 is 1.56. The van der Waals surface area contributed by atoms with Gasteiger partial charge in [-0.15, -0.1) is 0 Å². The molecule has 1 heterocycles. The van der Waals surface area contributed by atoms with Crippen LogP contribution in [0.5, 0.6) is 0 Å². The molecule has 1 fully saturated rings. The van der Waals surface area contributed by atoms with E-state index in [-0.39, 0.29) is 11.8 Å². The van der Waals surface area contributed by atoms with Crippen LogP contribution in [0.1, 0.15) is 44.3 Å². The van der Waals surface area contributed by atoms with Crippen LogP contribution in [-0.4, -0.2) is 17.6 Å². The van der Waals surface area contributed by atoms with Gasteiger partial charge in [0.05, 0.1) is 6.10 Å². The van der Waals surface area contributed by atoms with Gasteiger partial charge in [0.25, 0.3) is 0 Å². The van der Waals surface area contributed by atoms with Crippen LogP contribution < -0.4 is 5.32 Å². The number of hydrogen-bond acceptors (Lipinski definition) is 3. The fourth-order valence-electron chi connectivity index (χ4n) is 2.45. The summed E-state index contributed by atoms with van der Waals surface area (Å²) < 4.78 is 0. The lowest BCUT2D eigenvalue weighted by Crippen LogP contribution is -2.35. The molecule has 1 unspecified atom stereocenters. The van der Waals surface area contributed by atoms with E-state index in [1.165, 1.54) is 0 Å². The Bertz CT molecular complexity index is 369. The Balaban J connectivity index is 1.75. The fraction of sp³-hybridized carbons (Fsp3) is 0.643. The lowest BCUT2D eigenvalue weighted by molar-refractivity contribution is -0.126. The predicted octanol–water partition coefficient (Wildman–Crippen LogP) is 2.72. The zero-order valence-corrected chi connectivity index (χ0v) is 11.6. The lowest BCUT2D eigenvalue weighted by Gasteiger charge is -2.25. The maximum atomic E-state index is 12.0. The third kappa shape index (κ3) is 3.56. The zero-order valence-electron chi connectivity index (χ0n) is 10.8. The molecule has 1 atom stereocenters. The molecule has 2 rings (SSSR count). The van der Waals surface area contributed by atoms with Crippen LogP contribution in [-0.2, 0) is 4.79 Å². The topological polar surface area (TPSA) is 49.3 Å². The van der Waals surface area contributed by atoms with Crippen LogP contribution in [0.4, 0.5) is 0 Å². The second-order valence-electron chi connectivity index (χ2n) is 5.27. The van der Waals surface area contributed by atoms with Crippen LogP contribution in [0, 0.1) is 11.8 Å². The molecule has 3 nitrogen and oxygen atoms in total. The van der Waals surface area contributed by atoms with E-state index >= 15 is 0 Å². The van der Waals surface area contributed by atoms with E-state index in [1.807, 2.05) is 16.8 Å². The zero-order chi connectivity index (χ0) is 13.0. The van der Waals surface area contributed by atoms with Crippen molar-refractivity contribution in [3.63, 3.8) is 0 Å². The van der Waals surface area contributed by atoms with Gasteiger partial charge < -0.3 is 10.4 Å². The molecule has 1 aliphatic rings. The highest BCUT2D eigenvalue weighted by molar-refractivity contribution is 7.07. The van der Waals surface area contributed by atoms with Crippen molar-refractivity contribution in [3.8, 4) is 0 Å². The Kier molecular flexibility index (Phi) is 4.78. The van der Waals surface area contributed by atoms with Crippen molar-refractivity contribution in [2.24, 2.45) is 11.8 Å². The first-order valence-electron chi connectivity index (χ1n) is 6.64. The lowest BCUT2D eigenvalue weighted by atomic mass is 9.82. The summed E-state index contributed by atoms with van der Waals surface area (Å²) in [5, 5.41) is 16.6.